The summed E-state index contributed by atoms with van der Waals surface area (Å²) < 4.78 is 0. The second-order valence-electron chi connectivity index (χ2n) is 4.82. The van der Waals surface area contributed by atoms with Crippen LogP contribution in [0.15, 0.2) is 48.5 Å². The van der Waals surface area contributed by atoms with Crippen molar-refractivity contribution in [1.82, 2.24) is 0 Å². The second kappa shape index (κ2) is 4.41. The van der Waals surface area contributed by atoms with Crippen LogP contribution in [-0.2, 0) is 4.79 Å². The Morgan fingerprint density at radius 1 is 0.944 bits per heavy atom. The Bertz CT molecular complexity index is 553. The van der Waals surface area contributed by atoms with Crippen molar-refractivity contribution in [3.05, 3.63) is 59.7 Å². The van der Waals surface area contributed by atoms with Crippen LogP contribution < -0.4 is 0 Å². The van der Waals surface area contributed by atoms with Crippen LogP contribution >= 0.6 is 0 Å². The number of carbonyl (C=O) groups is 1. The van der Waals surface area contributed by atoms with E-state index in [2.05, 4.69) is 31.2 Å². The lowest BCUT2D eigenvalue weighted by Crippen LogP contribution is -2.10. The fourth-order valence-electron chi connectivity index (χ4n) is 2.89. The number of hydrogen-bond acceptors (Lipinski definition) is 1. The molecule has 0 aromatic heterocycles. The minimum atomic E-state index is -0.0441. The summed E-state index contributed by atoms with van der Waals surface area (Å²) in [4.78, 5) is 12.4. The first-order valence-corrected chi connectivity index (χ1v) is 6.54. The first-order valence-electron chi connectivity index (χ1n) is 6.54. The zero-order valence-corrected chi connectivity index (χ0v) is 10.5. The average Bonchev–Trinajstić information content (AvgIpc) is 2.73. The Morgan fingerprint density at radius 2 is 1.44 bits per heavy atom. The van der Waals surface area contributed by atoms with Crippen molar-refractivity contribution in [2.75, 3.05) is 0 Å². The molecule has 1 nitrogen and oxygen atoms in total. The molecule has 0 spiro atoms. The molecule has 0 atom stereocenters. The molecule has 1 aliphatic carbocycles. The van der Waals surface area contributed by atoms with Gasteiger partial charge in [0, 0.05) is 6.42 Å². The van der Waals surface area contributed by atoms with E-state index in [1.54, 1.807) is 0 Å². The molecule has 0 aliphatic heterocycles. The van der Waals surface area contributed by atoms with Crippen LogP contribution in [0.5, 0.6) is 0 Å². The van der Waals surface area contributed by atoms with Crippen molar-refractivity contribution in [2.45, 2.75) is 25.7 Å². The van der Waals surface area contributed by atoms with E-state index in [0.717, 1.165) is 6.42 Å². The summed E-state index contributed by atoms with van der Waals surface area (Å²) >= 11 is 0. The Balaban J connectivity index is 2.18. The molecular weight excluding hydrogens is 220 g/mol. The van der Waals surface area contributed by atoms with Gasteiger partial charge in [0.15, 0.2) is 0 Å². The van der Waals surface area contributed by atoms with E-state index in [0.29, 0.717) is 12.2 Å². The molecule has 0 saturated carbocycles. The van der Waals surface area contributed by atoms with Gasteiger partial charge in [-0.1, -0.05) is 55.5 Å². The quantitative estimate of drug-likeness (QED) is 0.781. The van der Waals surface area contributed by atoms with Gasteiger partial charge < -0.3 is 0 Å². The molecule has 90 valence electrons. The number of hydrogen-bond donors (Lipinski definition) is 0. The topological polar surface area (TPSA) is 17.1 Å². The normalized spacial score (nSPS) is 13.2. The molecule has 0 heterocycles. The molecule has 0 N–H and O–H groups in total. The van der Waals surface area contributed by atoms with Gasteiger partial charge in [0.2, 0.25) is 0 Å². The second-order valence-corrected chi connectivity index (χ2v) is 4.82. The maximum atomic E-state index is 12.4. The van der Waals surface area contributed by atoms with E-state index in [9.17, 15) is 4.79 Å². The summed E-state index contributed by atoms with van der Waals surface area (Å²) in [5, 5.41) is 0. The van der Waals surface area contributed by atoms with Crippen LogP contribution in [0.3, 0.4) is 0 Å². The molecule has 18 heavy (non-hydrogen) atoms. The standard InChI is InChI=1S/C17H16O/c1-2-7-16(18)17-14-10-5-3-8-12(14)13-9-4-6-11-15(13)17/h3-6,8-11,17H,2,7H2,1H3. The number of Topliss-reactive ketones (excluding diaryl/α,β-unsaturated/α-hetero) is 1. The molecule has 0 fully saturated rings. The smallest absolute Gasteiger partial charge is 0.144 e. The maximum Gasteiger partial charge on any atom is 0.144 e. The zero-order valence-electron chi connectivity index (χ0n) is 10.5. The Labute approximate surface area is 107 Å². The fraction of sp³-hybridized carbons (Fsp3) is 0.235. The van der Waals surface area contributed by atoms with E-state index >= 15 is 0 Å². The van der Waals surface area contributed by atoms with Crippen molar-refractivity contribution in [1.29, 1.82) is 0 Å². The lowest BCUT2D eigenvalue weighted by molar-refractivity contribution is -0.119. The van der Waals surface area contributed by atoms with Crippen LogP contribution in [0.4, 0.5) is 0 Å². The zero-order chi connectivity index (χ0) is 12.5. The van der Waals surface area contributed by atoms with Crippen molar-refractivity contribution >= 4 is 5.78 Å². The number of benzene rings is 2. The van der Waals surface area contributed by atoms with Crippen molar-refractivity contribution in [2.24, 2.45) is 0 Å². The molecule has 0 bridgehead atoms. The van der Waals surface area contributed by atoms with Gasteiger partial charge in [-0.15, -0.1) is 0 Å². The van der Waals surface area contributed by atoms with Gasteiger partial charge in [0.1, 0.15) is 5.78 Å². The minimum absolute atomic E-state index is 0.0441. The Morgan fingerprint density at radius 3 is 1.94 bits per heavy atom. The summed E-state index contributed by atoms with van der Waals surface area (Å²) in [6.07, 6.45) is 1.58. The van der Waals surface area contributed by atoms with Gasteiger partial charge in [0.25, 0.3) is 0 Å². The third kappa shape index (κ3) is 1.59. The van der Waals surface area contributed by atoms with Crippen molar-refractivity contribution in [3.63, 3.8) is 0 Å². The van der Waals surface area contributed by atoms with Crippen LogP contribution in [0.25, 0.3) is 11.1 Å². The Kier molecular flexibility index (Phi) is 2.75. The van der Waals surface area contributed by atoms with Gasteiger partial charge in [-0.3, -0.25) is 4.79 Å². The minimum Gasteiger partial charge on any atom is -0.299 e. The van der Waals surface area contributed by atoms with Gasteiger partial charge in [-0.25, -0.2) is 0 Å². The molecule has 1 aliphatic rings. The lowest BCUT2D eigenvalue weighted by Gasteiger charge is -2.11. The first-order chi connectivity index (χ1) is 8.83. The van der Waals surface area contributed by atoms with Gasteiger partial charge >= 0.3 is 0 Å². The maximum absolute atomic E-state index is 12.4. The predicted molar refractivity (Wildman–Crippen MR) is 73.6 cm³/mol. The molecule has 0 unspecified atom stereocenters. The molecular formula is C17H16O. The molecule has 0 saturated heterocycles. The lowest BCUT2D eigenvalue weighted by atomic mass is 9.90. The largest absolute Gasteiger partial charge is 0.299 e. The van der Waals surface area contributed by atoms with E-state index in [4.69, 9.17) is 0 Å². The molecule has 0 radical (unpaired) electrons. The van der Waals surface area contributed by atoms with E-state index < -0.39 is 0 Å². The van der Waals surface area contributed by atoms with Crippen molar-refractivity contribution < 1.29 is 4.79 Å². The van der Waals surface area contributed by atoms with E-state index in [1.165, 1.54) is 22.3 Å². The highest BCUT2D eigenvalue weighted by Gasteiger charge is 2.32. The molecule has 2 aromatic carbocycles. The number of ketones is 1. The fourth-order valence-corrected chi connectivity index (χ4v) is 2.89. The van der Waals surface area contributed by atoms with Gasteiger partial charge in [-0.05, 0) is 28.7 Å². The van der Waals surface area contributed by atoms with Crippen LogP contribution in [0, 0.1) is 0 Å². The van der Waals surface area contributed by atoms with Crippen LogP contribution in [0.1, 0.15) is 36.8 Å². The van der Waals surface area contributed by atoms with Gasteiger partial charge in [-0.2, -0.15) is 0 Å². The van der Waals surface area contributed by atoms with E-state index in [-0.39, 0.29) is 5.92 Å². The van der Waals surface area contributed by atoms with Gasteiger partial charge in [0.05, 0.1) is 5.92 Å². The highest BCUT2D eigenvalue weighted by Crippen LogP contribution is 2.45. The summed E-state index contributed by atoms with van der Waals surface area (Å²) in [6.45, 7) is 2.06. The van der Waals surface area contributed by atoms with Crippen LogP contribution in [0.2, 0.25) is 0 Å². The SMILES string of the molecule is CCCC(=O)C1c2ccccc2-c2ccccc21. The molecule has 0 amide bonds. The van der Waals surface area contributed by atoms with E-state index in [1.807, 2.05) is 24.3 Å². The Hall–Kier alpha value is -1.89. The predicted octanol–water partition coefficient (Wildman–Crippen LogP) is 4.17. The summed E-state index contributed by atoms with van der Waals surface area (Å²) in [6, 6.07) is 16.6. The number of rotatable bonds is 3. The highest BCUT2D eigenvalue weighted by atomic mass is 16.1. The highest BCUT2D eigenvalue weighted by molar-refractivity contribution is 5.97. The third-order valence-corrected chi connectivity index (χ3v) is 3.65. The average molecular weight is 236 g/mol. The molecule has 3 rings (SSSR count). The summed E-state index contributed by atoms with van der Waals surface area (Å²) in [5.41, 5.74) is 4.81. The van der Waals surface area contributed by atoms with Crippen molar-refractivity contribution in [3.8, 4) is 11.1 Å². The number of carbonyl (C=O) groups excluding carboxylic acids is 1. The summed E-state index contributed by atoms with van der Waals surface area (Å²) in [7, 11) is 0. The molecule has 2 aromatic rings. The van der Waals surface area contributed by atoms with Crippen LogP contribution in [-0.4, -0.2) is 5.78 Å². The summed E-state index contributed by atoms with van der Waals surface area (Å²) in [5.74, 6) is 0.298. The number of fused-ring (bicyclic) bond motifs is 3. The molecule has 1 heteroatoms. The first kappa shape index (κ1) is 11.2. The monoisotopic (exact) mass is 236 g/mol. The third-order valence-electron chi connectivity index (χ3n) is 3.65.